The van der Waals surface area contributed by atoms with Crippen LogP contribution in [0.3, 0.4) is 0 Å². The van der Waals surface area contributed by atoms with Gasteiger partial charge in [0.2, 0.25) is 0 Å². The Balaban J connectivity index is 2.22. The molecule has 2 heterocycles. The van der Waals surface area contributed by atoms with Gasteiger partial charge in [0.15, 0.2) is 0 Å². The number of hydrogen-bond donors (Lipinski definition) is 1. The molecule has 0 saturated carbocycles. The van der Waals surface area contributed by atoms with Gasteiger partial charge in [-0.15, -0.1) is 0 Å². The summed E-state index contributed by atoms with van der Waals surface area (Å²) in [6.45, 7) is 3.35. The molecule has 80 valence electrons. The van der Waals surface area contributed by atoms with Gasteiger partial charge >= 0.3 is 0 Å². The highest BCUT2D eigenvalue weighted by Crippen LogP contribution is 2.14. The summed E-state index contributed by atoms with van der Waals surface area (Å²) in [5.74, 6) is 0.857. The quantitative estimate of drug-likeness (QED) is 0.809. The summed E-state index contributed by atoms with van der Waals surface area (Å²) < 4.78 is 7.03. The third kappa shape index (κ3) is 2.07. The zero-order chi connectivity index (χ0) is 10.7. The first-order chi connectivity index (χ1) is 7.31. The fourth-order valence-electron chi connectivity index (χ4n) is 1.50. The summed E-state index contributed by atoms with van der Waals surface area (Å²) >= 11 is 0. The molecule has 0 fully saturated rings. The molecule has 2 rings (SSSR count). The maximum atomic E-state index is 5.17. The van der Waals surface area contributed by atoms with Gasteiger partial charge in [0, 0.05) is 24.5 Å². The van der Waals surface area contributed by atoms with Crippen molar-refractivity contribution in [1.29, 1.82) is 0 Å². The zero-order valence-corrected chi connectivity index (χ0v) is 8.90. The summed E-state index contributed by atoms with van der Waals surface area (Å²) in [5.41, 5.74) is 2.05. The number of aromatic nitrogens is 3. The molecule has 5 nitrogen and oxygen atoms in total. The van der Waals surface area contributed by atoms with Gasteiger partial charge in [-0.25, -0.2) is 0 Å². The van der Waals surface area contributed by atoms with Crippen molar-refractivity contribution >= 4 is 0 Å². The van der Waals surface area contributed by atoms with Crippen LogP contribution in [0.4, 0.5) is 0 Å². The fraction of sp³-hybridized carbons (Fsp3) is 0.400. The van der Waals surface area contributed by atoms with Crippen molar-refractivity contribution in [2.24, 2.45) is 0 Å². The van der Waals surface area contributed by atoms with Crippen molar-refractivity contribution in [3.63, 3.8) is 0 Å². The van der Waals surface area contributed by atoms with Crippen LogP contribution in [-0.2, 0) is 13.1 Å². The smallest absolute Gasteiger partial charge is 0.139 e. The Morgan fingerprint density at radius 2 is 2.40 bits per heavy atom. The lowest BCUT2D eigenvalue weighted by atomic mass is 10.2. The molecule has 0 amide bonds. The Morgan fingerprint density at radius 1 is 1.53 bits per heavy atom. The van der Waals surface area contributed by atoms with E-state index in [0.717, 1.165) is 17.0 Å². The lowest BCUT2D eigenvalue weighted by Gasteiger charge is -2.02. The molecule has 0 aliphatic rings. The van der Waals surface area contributed by atoms with E-state index in [9.17, 15) is 0 Å². The molecule has 5 heteroatoms. The Labute approximate surface area is 88.1 Å². The number of nitrogens with zero attached hydrogens (tertiary/aromatic N) is 3. The molecule has 0 spiro atoms. The molecule has 15 heavy (non-hydrogen) atoms. The van der Waals surface area contributed by atoms with Crippen LogP contribution in [0.25, 0.3) is 0 Å². The van der Waals surface area contributed by atoms with E-state index in [4.69, 9.17) is 4.52 Å². The molecule has 0 aliphatic heterocycles. The Kier molecular flexibility index (Phi) is 2.82. The third-order valence-corrected chi connectivity index (χ3v) is 2.29. The standard InChI is InChI=1S/C10H14N4O/c1-8-9(7-14-5-3-4-12-14)10(6-11-2)13-15-8/h3-5,11H,6-7H2,1-2H3. The van der Waals surface area contributed by atoms with Crippen LogP contribution in [0.5, 0.6) is 0 Å². The number of aryl methyl sites for hydroxylation is 1. The van der Waals surface area contributed by atoms with Crippen LogP contribution in [-0.4, -0.2) is 22.0 Å². The minimum absolute atomic E-state index is 0.708. The highest BCUT2D eigenvalue weighted by Gasteiger charge is 2.12. The molecule has 0 aliphatic carbocycles. The lowest BCUT2D eigenvalue weighted by Crippen LogP contribution is -2.10. The Morgan fingerprint density at radius 3 is 3.07 bits per heavy atom. The molecule has 2 aromatic heterocycles. The van der Waals surface area contributed by atoms with Gasteiger partial charge in [-0.3, -0.25) is 4.68 Å². The summed E-state index contributed by atoms with van der Waals surface area (Å²) in [7, 11) is 1.89. The van der Waals surface area contributed by atoms with Crippen molar-refractivity contribution < 1.29 is 4.52 Å². The molecular weight excluding hydrogens is 192 g/mol. The average Bonchev–Trinajstić information content (AvgIpc) is 2.83. The van der Waals surface area contributed by atoms with Gasteiger partial charge in [-0.2, -0.15) is 5.10 Å². The van der Waals surface area contributed by atoms with E-state index < -0.39 is 0 Å². The summed E-state index contributed by atoms with van der Waals surface area (Å²) in [5, 5.41) is 11.2. The van der Waals surface area contributed by atoms with E-state index >= 15 is 0 Å². The number of hydrogen-bond acceptors (Lipinski definition) is 4. The summed E-state index contributed by atoms with van der Waals surface area (Å²) in [4.78, 5) is 0. The minimum Gasteiger partial charge on any atom is -0.361 e. The fourth-order valence-corrected chi connectivity index (χ4v) is 1.50. The van der Waals surface area contributed by atoms with Crippen LogP contribution in [0.15, 0.2) is 23.0 Å². The van der Waals surface area contributed by atoms with E-state index in [-0.39, 0.29) is 0 Å². The van der Waals surface area contributed by atoms with E-state index in [0.29, 0.717) is 13.1 Å². The second-order valence-electron chi connectivity index (χ2n) is 3.40. The number of nitrogens with one attached hydrogen (secondary N) is 1. The second kappa shape index (κ2) is 4.27. The van der Waals surface area contributed by atoms with Crippen molar-refractivity contribution in [2.75, 3.05) is 7.05 Å². The topological polar surface area (TPSA) is 55.9 Å². The maximum Gasteiger partial charge on any atom is 0.139 e. The monoisotopic (exact) mass is 206 g/mol. The van der Waals surface area contributed by atoms with Crippen LogP contribution >= 0.6 is 0 Å². The Hall–Kier alpha value is -1.62. The van der Waals surface area contributed by atoms with Crippen LogP contribution in [0.1, 0.15) is 17.0 Å². The second-order valence-corrected chi connectivity index (χ2v) is 3.40. The minimum atomic E-state index is 0.708. The molecule has 0 unspecified atom stereocenters. The van der Waals surface area contributed by atoms with Crippen LogP contribution < -0.4 is 5.32 Å². The highest BCUT2D eigenvalue weighted by atomic mass is 16.5. The first kappa shape index (κ1) is 9.92. The van der Waals surface area contributed by atoms with Gasteiger partial charge in [0.05, 0.1) is 6.54 Å². The molecule has 0 saturated heterocycles. The highest BCUT2D eigenvalue weighted by molar-refractivity contribution is 5.22. The maximum absolute atomic E-state index is 5.17. The van der Waals surface area contributed by atoms with E-state index in [1.807, 2.05) is 30.9 Å². The molecule has 2 aromatic rings. The molecule has 1 N–H and O–H groups in total. The molecule has 0 radical (unpaired) electrons. The van der Waals surface area contributed by atoms with Crippen molar-refractivity contribution in [3.05, 3.63) is 35.5 Å². The predicted octanol–water partition coefficient (Wildman–Crippen LogP) is 0.947. The SMILES string of the molecule is CNCc1noc(C)c1Cn1cccn1. The first-order valence-electron chi connectivity index (χ1n) is 4.87. The van der Waals surface area contributed by atoms with Crippen LogP contribution in [0, 0.1) is 6.92 Å². The van der Waals surface area contributed by atoms with Crippen molar-refractivity contribution in [2.45, 2.75) is 20.0 Å². The molecule has 0 bridgehead atoms. The zero-order valence-electron chi connectivity index (χ0n) is 8.90. The van der Waals surface area contributed by atoms with Crippen LogP contribution in [0.2, 0.25) is 0 Å². The van der Waals surface area contributed by atoms with Gasteiger partial charge in [0.1, 0.15) is 11.5 Å². The molecular formula is C10H14N4O. The van der Waals surface area contributed by atoms with E-state index in [2.05, 4.69) is 15.6 Å². The van der Waals surface area contributed by atoms with Gasteiger partial charge < -0.3 is 9.84 Å². The van der Waals surface area contributed by atoms with Gasteiger partial charge in [-0.1, -0.05) is 5.16 Å². The largest absolute Gasteiger partial charge is 0.361 e. The molecule has 0 atom stereocenters. The van der Waals surface area contributed by atoms with Gasteiger partial charge in [-0.05, 0) is 20.0 Å². The molecule has 0 aromatic carbocycles. The first-order valence-corrected chi connectivity index (χ1v) is 4.87. The lowest BCUT2D eigenvalue weighted by molar-refractivity contribution is 0.388. The van der Waals surface area contributed by atoms with E-state index in [1.54, 1.807) is 6.20 Å². The predicted molar refractivity (Wildman–Crippen MR) is 55.3 cm³/mol. The normalized spacial score (nSPS) is 10.8. The third-order valence-electron chi connectivity index (χ3n) is 2.29. The average molecular weight is 206 g/mol. The number of rotatable bonds is 4. The van der Waals surface area contributed by atoms with Crippen molar-refractivity contribution in [3.8, 4) is 0 Å². The van der Waals surface area contributed by atoms with Gasteiger partial charge in [0.25, 0.3) is 0 Å². The van der Waals surface area contributed by atoms with Crippen molar-refractivity contribution in [1.82, 2.24) is 20.3 Å². The Bertz CT molecular complexity index is 419. The summed E-state index contributed by atoms with van der Waals surface area (Å²) in [6, 6.07) is 1.90. The van der Waals surface area contributed by atoms with E-state index in [1.165, 1.54) is 0 Å². The summed E-state index contributed by atoms with van der Waals surface area (Å²) in [6.07, 6.45) is 3.69.